The molecule has 104 valence electrons. The second-order valence-electron chi connectivity index (χ2n) is 5.44. The van der Waals surface area contributed by atoms with Gasteiger partial charge in [0.25, 0.3) is 0 Å². The summed E-state index contributed by atoms with van der Waals surface area (Å²) in [6.45, 7) is 3.01. The lowest BCUT2D eigenvalue weighted by molar-refractivity contribution is -0.321. The fraction of sp³-hybridized carbons (Fsp3) is 0.500. The molecule has 0 amide bonds. The third-order valence-electron chi connectivity index (χ3n) is 3.22. The van der Waals surface area contributed by atoms with Crippen LogP contribution in [-0.4, -0.2) is 17.6 Å². The maximum absolute atomic E-state index is 13.5. The van der Waals surface area contributed by atoms with Gasteiger partial charge in [0.05, 0.1) is 5.60 Å². The largest absolute Gasteiger partial charge is 0.422 e. The molecular weight excluding hydrogens is 257 g/mol. The Hall–Kier alpha value is -1.36. The Bertz CT molecular complexity index is 479. The van der Waals surface area contributed by atoms with Crippen LogP contribution >= 0.6 is 0 Å². The molecule has 0 unspecified atom stereocenters. The van der Waals surface area contributed by atoms with Gasteiger partial charge in [0.1, 0.15) is 5.78 Å². The fourth-order valence-electron chi connectivity index (χ4n) is 2.55. The molecule has 1 fully saturated rings. The molecule has 0 bridgehead atoms. The predicted octanol–water partition coefficient (Wildman–Crippen LogP) is 3.60. The molecule has 1 aliphatic rings. The zero-order chi connectivity index (χ0) is 14.3. The molecule has 0 radical (unpaired) electrons. The Labute approximate surface area is 109 Å². The molecule has 0 N–H and O–H groups in total. The Balaban J connectivity index is 2.56. The van der Waals surface area contributed by atoms with Crippen molar-refractivity contribution < 1.29 is 22.7 Å². The summed E-state index contributed by atoms with van der Waals surface area (Å²) in [5, 5.41) is 0. The van der Waals surface area contributed by atoms with Gasteiger partial charge in [-0.1, -0.05) is 30.3 Å². The van der Waals surface area contributed by atoms with Crippen LogP contribution < -0.4 is 0 Å². The molecule has 2 nitrogen and oxygen atoms in total. The van der Waals surface area contributed by atoms with E-state index in [1.54, 1.807) is 6.07 Å². The number of rotatable bonds is 1. The molecule has 0 saturated carbocycles. The average Bonchev–Trinajstić information content (AvgIpc) is 2.26. The van der Waals surface area contributed by atoms with E-state index in [0.29, 0.717) is 0 Å². The van der Waals surface area contributed by atoms with Gasteiger partial charge in [-0.3, -0.25) is 4.79 Å². The minimum atomic E-state index is -4.64. The molecule has 1 saturated heterocycles. The summed E-state index contributed by atoms with van der Waals surface area (Å²) < 4.78 is 45.9. The van der Waals surface area contributed by atoms with E-state index in [9.17, 15) is 18.0 Å². The van der Waals surface area contributed by atoms with Crippen LogP contribution in [0.4, 0.5) is 13.2 Å². The van der Waals surface area contributed by atoms with Crippen LogP contribution in [-0.2, 0) is 15.1 Å². The molecule has 0 aromatic heterocycles. The maximum Gasteiger partial charge on any atom is 0.422 e. The van der Waals surface area contributed by atoms with Crippen LogP contribution in [0.2, 0.25) is 0 Å². The average molecular weight is 272 g/mol. The topological polar surface area (TPSA) is 26.3 Å². The van der Waals surface area contributed by atoms with Crippen LogP contribution in [0, 0.1) is 0 Å². The van der Waals surface area contributed by atoms with Gasteiger partial charge in [-0.25, -0.2) is 0 Å². The third-order valence-corrected chi connectivity index (χ3v) is 3.22. The molecule has 2 rings (SSSR count). The Morgan fingerprint density at radius 2 is 1.68 bits per heavy atom. The Morgan fingerprint density at radius 3 is 2.16 bits per heavy atom. The molecule has 1 atom stereocenters. The highest BCUT2D eigenvalue weighted by atomic mass is 19.4. The predicted molar refractivity (Wildman–Crippen MR) is 63.6 cm³/mol. The van der Waals surface area contributed by atoms with E-state index in [0.717, 1.165) is 0 Å². The molecule has 0 aliphatic carbocycles. The smallest absolute Gasteiger partial charge is 0.354 e. The number of hydrogen-bond donors (Lipinski definition) is 0. The highest BCUT2D eigenvalue weighted by Crippen LogP contribution is 2.50. The normalized spacial score (nSPS) is 27.3. The third kappa shape index (κ3) is 2.52. The monoisotopic (exact) mass is 272 g/mol. The first kappa shape index (κ1) is 14.1. The second kappa shape index (κ2) is 4.34. The SMILES string of the molecule is CC1(C)CC(=O)C[C@](c2ccccc2)(C(F)(F)F)O1. The van der Waals surface area contributed by atoms with Crippen molar-refractivity contribution in [3.63, 3.8) is 0 Å². The molecule has 0 spiro atoms. The highest BCUT2D eigenvalue weighted by molar-refractivity contribution is 5.81. The fourth-order valence-corrected chi connectivity index (χ4v) is 2.55. The standard InChI is InChI=1S/C14H15F3O2/c1-12(2)8-11(18)9-13(19-12,14(15,16)17)10-6-4-3-5-7-10/h3-7H,8-9H2,1-2H3/t13-/m0/s1. The Kier molecular flexibility index (Phi) is 3.21. The van der Waals surface area contributed by atoms with Gasteiger partial charge in [-0.05, 0) is 19.4 Å². The lowest BCUT2D eigenvalue weighted by Crippen LogP contribution is -2.55. The molecule has 1 aliphatic heterocycles. The van der Waals surface area contributed by atoms with Crippen LogP contribution in [0.3, 0.4) is 0 Å². The number of hydrogen-bond acceptors (Lipinski definition) is 2. The van der Waals surface area contributed by atoms with Gasteiger partial charge >= 0.3 is 6.18 Å². The van der Waals surface area contributed by atoms with Crippen molar-refractivity contribution >= 4 is 5.78 Å². The lowest BCUT2D eigenvalue weighted by atomic mass is 9.81. The van der Waals surface area contributed by atoms with Crippen molar-refractivity contribution in [2.24, 2.45) is 0 Å². The van der Waals surface area contributed by atoms with Crippen LogP contribution in [0.15, 0.2) is 30.3 Å². The van der Waals surface area contributed by atoms with Crippen molar-refractivity contribution in [3.8, 4) is 0 Å². The minimum absolute atomic E-state index is 0.00232. The van der Waals surface area contributed by atoms with E-state index in [4.69, 9.17) is 4.74 Å². The lowest BCUT2D eigenvalue weighted by Gasteiger charge is -2.45. The summed E-state index contributed by atoms with van der Waals surface area (Å²) in [7, 11) is 0. The van der Waals surface area contributed by atoms with Crippen molar-refractivity contribution in [1.82, 2.24) is 0 Å². The van der Waals surface area contributed by atoms with E-state index in [2.05, 4.69) is 0 Å². The summed E-state index contributed by atoms with van der Waals surface area (Å²) >= 11 is 0. The zero-order valence-corrected chi connectivity index (χ0v) is 10.8. The first-order chi connectivity index (χ1) is 8.66. The van der Waals surface area contributed by atoms with Crippen molar-refractivity contribution in [3.05, 3.63) is 35.9 Å². The van der Waals surface area contributed by atoms with Gasteiger partial charge < -0.3 is 4.74 Å². The highest BCUT2D eigenvalue weighted by Gasteiger charge is 2.62. The summed E-state index contributed by atoms with van der Waals surface area (Å²) in [6, 6.07) is 7.35. The Morgan fingerprint density at radius 1 is 1.11 bits per heavy atom. The number of halogens is 3. The number of ether oxygens (including phenoxy) is 1. The second-order valence-corrected chi connectivity index (χ2v) is 5.44. The van der Waals surface area contributed by atoms with Gasteiger partial charge in [0, 0.05) is 12.8 Å². The van der Waals surface area contributed by atoms with E-state index in [-0.39, 0.29) is 12.0 Å². The van der Waals surface area contributed by atoms with Crippen LogP contribution in [0.1, 0.15) is 32.3 Å². The maximum atomic E-state index is 13.5. The number of carbonyl (C=O) groups is 1. The molecule has 1 heterocycles. The van der Waals surface area contributed by atoms with Crippen LogP contribution in [0.5, 0.6) is 0 Å². The van der Waals surface area contributed by atoms with Crippen molar-refractivity contribution in [2.45, 2.75) is 44.1 Å². The summed E-state index contributed by atoms with van der Waals surface area (Å²) in [4.78, 5) is 11.7. The first-order valence-corrected chi connectivity index (χ1v) is 6.00. The summed E-state index contributed by atoms with van der Waals surface area (Å²) in [6.07, 6.45) is -5.30. The van der Waals surface area contributed by atoms with Crippen molar-refractivity contribution in [1.29, 1.82) is 0 Å². The molecule has 1 aromatic carbocycles. The number of alkyl halides is 3. The zero-order valence-electron chi connectivity index (χ0n) is 10.8. The summed E-state index contributed by atoms with van der Waals surface area (Å²) in [5.74, 6) is -0.433. The number of ketones is 1. The first-order valence-electron chi connectivity index (χ1n) is 6.00. The van der Waals surface area contributed by atoms with Gasteiger partial charge in [-0.15, -0.1) is 0 Å². The van der Waals surface area contributed by atoms with Gasteiger partial charge in [-0.2, -0.15) is 13.2 Å². The van der Waals surface area contributed by atoms with Gasteiger partial charge in [0.15, 0.2) is 5.60 Å². The molecule has 5 heteroatoms. The quantitative estimate of drug-likeness (QED) is 0.780. The van der Waals surface area contributed by atoms with E-state index in [1.807, 2.05) is 0 Å². The minimum Gasteiger partial charge on any atom is -0.354 e. The van der Waals surface area contributed by atoms with E-state index in [1.165, 1.54) is 38.1 Å². The molecule has 19 heavy (non-hydrogen) atoms. The summed E-state index contributed by atoms with van der Waals surface area (Å²) in [5.41, 5.74) is -3.68. The molecular formula is C14H15F3O2. The van der Waals surface area contributed by atoms with Crippen LogP contribution in [0.25, 0.3) is 0 Å². The number of benzene rings is 1. The molecule has 1 aromatic rings. The van der Waals surface area contributed by atoms with E-state index >= 15 is 0 Å². The number of carbonyl (C=O) groups excluding carboxylic acids is 1. The van der Waals surface area contributed by atoms with Gasteiger partial charge in [0.2, 0.25) is 0 Å². The van der Waals surface area contributed by atoms with E-state index < -0.39 is 29.6 Å². The number of Topliss-reactive ketones (excluding diaryl/α,β-unsaturated/α-hetero) is 1. The van der Waals surface area contributed by atoms with Crippen molar-refractivity contribution in [2.75, 3.05) is 0 Å².